The third-order valence-electron chi connectivity index (χ3n) is 3.95. The summed E-state index contributed by atoms with van der Waals surface area (Å²) in [5.74, 6) is -0.355. The second kappa shape index (κ2) is 10.2. The predicted octanol–water partition coefficient (Wildman–Crippen LogP) is 2.28. The highest BCUT2D eigenvalue weighted by atomic mass is 35.5. The van der Waals surface area contributed by atoms with E-state index in [0.717, 1.165) is 30.3 Å². The Labute approximate surface area is 159 Å². The maximum Gasteiger partial charge on any atom is 0.243 e. The van der Waals surface area contributed by atoms with Crippen molar-refractivity contribution in [3.63, 3.8) is 0 Å². The molecule has 0 aliphatic carbocycles. The van der Waals surface area contributed by atoms with E-state index in [1.165, 1.54) is 0 Å². The van der Waals surface area contributed by atoms with Crippen LogP contribution in [0.25, 0.3) is 10.9 Å². The molecule has 25 heavy (non-hydrogen) atoms. The standard InChI is InChI=1S/C17H20N4O2.2ClH/c22-15(10-13-6-3-8-18-13)20-11-16(23)21-14-7-1-4-12-5-2-9-19-17(12)14;;/h1-2,4-5,7,9,13,18H,3,6,8,10-11H2,(H,20,22)(H,21,23);2*1H. The zero-order chi connectivity index (χ0) is 16.1. The van der Waals surface area contributed by atoms with Gasteiger partial charge in [-0.15, -0.1) is 24.8 Å². The van der Waals surface area contributed by atoms with Crippen molar-refractivity contribution in [3.05, 3.63) is 36.5 Å². The number of carbonyl (C=O) groups excluding carboxylic acids is 2. The molecule has 1 atom stereocenters. The van der Waals surface area contributed by atoms with Gasteiger partial charge in [-0.3, -0.25) is 14.6 Å². The Morgan fingerprint density at radius 3 is 2.72 bits per heavy atom. The second-order valence-corrected chi connectivity index (χ2v) is 5.70. The van der Waals surface area contributed by atoms with Crippen molar-refractivity contribution in [2.24, 2.45) is 0 Å². The normalized spacial score (nSPS) is 15.8. The summed E-state index contributed by atoms with van der Waals surface area (Å²) < 4.78 is 0. The molecule has 136 valence electrons. The van der Waals surface area contributed by atoms with Gasteiger partial charge in [0, 0.05) is 24.0 Å². The van der Waals surface area contributed by atoms with Gasteiger partial charge in [-0.25, -0.2) is 0 Å². The van der Waals surface area contributed by atoms with E-state index in [9.17, 15) is 9.59 Å². The van der Waals surface area contributed by atoms with Crippen molar-refractivity contribution in [1.29, 1.82) is 0 Å². The molecule has 1 unspecified atom stereocenters. The van der Waals surface area contributed by atoms with Gasteiger partial charge in [0.25, 0.3) is 0 Å². The van der Waals surface area contributed by atoms with Crippen LogP contribution in [0, 0.1) is 0 Å². The maximum atomic E-state index is 12.0. The number of pyridine rings is 1. The Kier molecular flexibility index (Phi) is 8.61. The van der Waals surface area contributed by atoms with E-state index < -0.39 is 0 Å². The number of rotatable bonds is 5. The summed E-state index contributed by atoms with van der Waals surface area (Å²) in [6.45, 7) is 0.932. The van der Waals surface area contributed by atoms with E-state index in [0.29, 0.717) is 12.1 Å². The first kappa shape index (κ1) is 21.2. The van der Waals surface area contributed by atoms with E-state index >= 15 is 0 Å². The van der Waals surface area contributed by atoms with Crippen LogP contribution in [-0.4, -0.2) is 35.9 Å². The zero-order valence-electron chi connectivity index (χ0n) is 13.7. The van der Waals surface area contributed by atoms with Crippen LogP contribution in [0.2, 0.25) is 0 Å². The predicted molar refractivity (Wildman–Crippen MR) is 104 cm³/mol. The molecule has 0 bridgehead atoms. The number of nitrogens with zero attached hydrogens (tertiary/aromatic N) is 1. The van der Waals surface area contributed by atoms with Crippen molar-refractivity contribution < 1.29 is 9.59 Å². The Balaban J connectivity index is 0.00000156. The van der Waals surface area contributed by atoms with E-state index in [4.69, 9.17) is 0 Å². The molecule has 1 fully saturated rings. The molecule has 2 heterocycles. The topological polar surface area (TPSA) is 83.1 Å². The Hall–Kier alpha value is -1.89. The summed E-state index contributed by atoms with van der Waals surface area (Å²) in [5, 5.41) is 9.69. The molecule has 6 nitrogen and oxygen atoms in total. The van der Waals surface area contributed by atoms with Crippen molar-refractivity contribution in [1.82, 2.24) is 15.6 Å². The lowest BCUT2D eigenvalue weighted by atomic mass is 10.1. The van der Waals surface area contributed by atoms with E-state index in [1.807, 2.05) is 24.3 Å². The van der Waals surface area contributed by atoms with Crippen LogP contribution in [0.1, 0.15) is 19.3 Å². The number of halogens is 2. The minimum absolute atomic E-state index is 0. The summed E-state index contributed by atoms with van der Waals surface area (Å²) in [4.78, 5) is 28.1. The van der Waals surface area contributed by atoms with E-state index in [-0.39, 0.29) is 49.2 Å². The molecule has 2 aromatic rings. The molecular formula is C17H22Cl2N4O2. The molecule has 1 aliphatic heterocycles. The van der Waals surface area contributed by atoms with Gasteiger partial charge >= 0.3 is 0 Å². The maximum absolute atomic E-state index is 12.0. The van der Waals surface area contributed by atoms with Crippen molar-refractivity contribution >= 4 is 53.2 Å². The average molecular weight is 385 g/mol. The lowest BCUT2D eigenvalue weighted by Gasteiger charge is -2.11. The Morgan fingerprint density at radius 1 is 1.16 bits per heavy atom. The third kappa shape index (κ3) is 5.85. The first-order valence-electron chi connectivity index (χ1n) is 7.86. The lowest BCUT2D eigenvalue weighted by molar-refractivity contribution is -0.124. The number of nitrogens with one attached hydrogen (secondary N) is 3. The molecule has 0 saturated carbocycles. The van der Waals surface area contributed by atoms with Crippen molar-refractivity contribution in [2.75, 3.05) is 18.4 Å². The van der Waals surface area contributed by atoms with Gasteiger partial charge in [-0.2, -0.15) is 0 Å². The smallest absolute Gasteiger partial charge is 0.243 e. The van der Waals surface area contributed by atoms with Gasteiger partial charge in [-0.05, 0) is 31.5 Å². The van der Waals surface area contributed by atoms with Gasteiger partial charge in [0.15, 0.2) is 0 Å². The molecule has 1 aliphatic rings. The van der Waals surface area contributed by atoms with Crippen LogP contribution in [0.3, 0.4) is 0 Å². The summed E-state index contributed by atoms with van der Waals surface area (Å²) in [6.07, 6.45) is 4.23. The van der Waals surface area contributed by atoms with Crippen LogP contribution in [-0.2, 0) is 9.59 Å². The Bertz CT molecular complexity index is 715. The molecular weight excluding hydrogens is 363 g/mol. The lowest BCUT2D eigenvalue weighted by Crippen LogP contribution is -2.36. The number of hydrogen-bond acceptors (Lipinski definition) is 4. The number of anilines is 1. The molecule has 1 aromatic heterocycles. The number of fused-ring (bicyclic) bond motifs is 1. The summed E-state index contributed by atoms with van der Waals surface area (Å²) >= 11 is 0. The monoisotopic (exact) mass is 384 g/mol. The molecule has 2 amide bonds. The minimum atomic E-state index is -0.254. The van der Waals surface area contributed by atoms with Gasteiger partial charge in [-0.1, -0.05) is 18.2 Å². The minimum Gasteiger partial charge on any atom is -0.347 e. The number of para-hydroxylation sites is 1. The SMILES string of the molecule is Cl.Cl.O=C(CC1CCCN1)NCC(=O)Nc1cccc2cccnc12. The highest BCUT2D eigenvalue weighted by molar-refractivity contribution is 6.01. The fraction of sp³-hybridized carbons (Fsp3) is 0.353. The van der Waals surface area contributed by atoms with Gasteiger partial charge in [0.05, 0.1) is 17.7 Å². The number of amides is 2. The van der Waals surface area contributed by atoms with Crippen LogP contribution in [0.15, 0.2) is 36.5 Å². The van der Waals surface area contributed by atoms with Crippen LogP contribution in [0.5, 0.6) is 0 Å². The number of hydrogen-bond donors (Lipinski definition) is 3. The third-order valence-corrected chi connectivity index (χ3v) is 3.95. The highest BCUT2D eigenvalue weighted by Crippen LogP contribution is 2.20. The molecule has 3 N–H and O–H groups in total. The quantitative estimate of drug-likeness (QED) is 0.738. The summed E-state index contributed by atoms with van der Waals surface area (Å²) in [5.41, 5.74) is 1.39. The molecule has 1 saturated heterocycles. The van der Waals surface area contributed by atoms with Crippen LogP contribution >= 0.6 is 24.8 Å². The highest BCUT2D eigenvalue weighted by Gasteiger charge is 2.18. The van der Waals surface area contributed by atoms with Crippen LogP contribution in [0.4, 0.5) is 5.69 Å². The molecule has 0 spiro atoms. The number of benzene rings is 1. The van der Waals surface area contributed by atoms with Gasteiger partial charge in [0.2, 0.25) is 11.8 Å². The molecule has 3 rings (SSSR count). The number of aromatic nitrogens is 1. The molecule has 0 radical (unpaired) electrons. The molecule has 8 heteroatoms. The van der Waals surface area contributed by atoms with Crippen LogP contribution < -0.4 is 16.0 Å². The van der Waals surface area contributed by atoms with Crippen molar-refractivity contribution in [2.45, 2.75) is 25.3 Å². The largest absolute Gasteiger partial charge is 0.347 e. The number of carbonyl (C=O) groups is 2. The fourth-order valence-corrected chi connectivity index (χ4v) is 2.81. The summed E-state index contributed by atoms with van der Waals surface area (Å²) in [7, 11) is 0. The molecule has 1 aromatic carbocycles. The van der Waals surface area contributed by atoms with Gasteiger partial charge in [0.1, 0.15) is 0 Å². The van der Waals surface area contributed by atoms with Gasteiger partial charge < -0.3 is 16.0 Å². The second-order valence-electron chi connectivity index (χ2n) is 5.70. The summed E-state index contributed by atoms with van der Waals surface area (Å²) in [6, 6.07) is 9.63. The van der Waals surface area contributed by atoms with Crippen molar-refractivity contribution in [3.8, 4) is 0 Å². The van der Waals surface area contributed by atoms with E-state index in [2.05, 4.69) is 20.9 Å². The Morgan fingerprint density at radius 2 is 1.96 bits per heavy atom. The fourth-order valence-electron chi connectivity index (χ4n) is 2.81. The average Bonchev–Trinajstić information content (AvgIpc) is 3.06. The first-order chi connectivity index (χ1) is 11.2. The zero-order valence-corrected chi connectivity index (χ0v) is 15.3. The van der Waals surface area contributed by atoms with E-state index in [1.54, 1.807) is 12.3 Å². The first-order valence-corrected chi connectivity index (χ1v) is 7.86.